The van der Waals surface area contributed by atoms with E-state index in [9.17, 15) is 19.9 Å². The van der Waals surface area contributed by atoms with Crippen molar-refractivity contribution in [3.8, 4) is 5.75 Å². The molecule has 0 amide bonds. The van der Waals surface area contributed by atoms with Crippen LogP contribution in [0.15, 0.2) is 30.9 Å². The zero-order valence-electron chi connectivity index (χ0n) is 16.2. The number of rotatable bonds is 7. The van der Waals surface area contributed by atoms with Crippen LogP contribution in [0.2, 0.25) is 5.02 Å². The summed E-state index contributed by atoms with van der Waals surface area (Å²) in [6.07, 6.45) is -2.63. The zero-order chi connectivity index (χ0) is 23.0. The number of ether oxygens (including phenoxy) is 1. The van der Waals surface area contributed by atoms with Gasteiger partial charge in [0, 0.05) is 17.1 Å². The summed E-state index contributed by atoms with van der Waals surface area (Å²) < 4.78 is 22.2. The lowest BCUT2D eigenvalue weighted by molar-refractivity contribution is -0.0504. The Morgan fingerprint density at radius 2 is 2.00 bits per heavy atom. The Morgan fingerprint density at radius 1 is 1.22 bits per heavy atom. The first kappa shape index (κ1) is 22.8. The average molecular weight is 488 g/mol. The van der Waals surface area contributed by atoms with Crippen molar-refractivity contribution in [3.63, 3.8) is 0 Å². The van der Waals surface area contributed by atoms with E-state index >= 15 is 0 Å². The van der Waals surface area contributed by atoms with E-state index in [0.29, 0.717) is 21.9 Å². The van der Waals surface area contributed by atoms with E-state index in [1.807, 2.05) is 0 Å². The first-order chi connectivity index (χ1) is 15.1. The predicted octanol–water partition coefficient (Wildman–Crippen LogP) is 0.526. The average Bonchev–Trinajstić information content (AvgIpc) is 3.27. The normalized spacial score (nSPS) is 23.7. The summed E-state index contributed by atoms with van der Waals surface area (Å²) in [7, 11) is -4.78. The fourth-order valence-electron chi connectivity index (χ4n) is 3.30. The van der Waals surface area contributed by atoms with Gasteiger partial charge in [-0.05, 0) is 12.1 Å². The molecule has 1 saturated heterocycles. The van der Waals surface area contributed by atoms with Gasteiger partial charge in [0.15, 0.2) is 23.2 Å². The van der Waals surface area contributed by atoms with Gasteiger partial charge in [-0.1, -0.05) is 17.7 Å². The molecule has 1 aromatic carbocycles. The van der Waals surface area contributed by atoms with Gasteiger partial charge < -0.3 is 35.2 Å². The lowest BCUT2D eigenvalue weighted by atomic mass is 10.1. The largest absolute Gasteiger partial charge is 0.508 e. The Kier molecular flexibility index (Phi) is 6.34. The first-order valence-electron chi connectivity index (χ1n) is 9.24. The van der Waals surface area contributed by atoms with Crippen LogP contribution in [0.5, 0.6) is 5.75 Å². The summed E-state index contributed by atoms with van der Waals surface area (Å²) >= 11 is 5.84. The van der Waals surface area contributed by atoms with E-state index in [1.54, 1.807) is 12.1 Å². The summed E-state index contributed by atoms with van der Waals surface area (Å²) in [5.74, 6) is 0.360. The van der Waals surface area contributed by atoms with Crippen LogP contribution >= 0.6 is 19.4 Å². The van der Waals surface area contributed by atoms with Gasteiger partial charge in [0.05, 0.1) is 12.9 Å². The topological polar surface area (TPSA) is 192 Å². The predicted molar refractivity (Wildman–Crippen MR) is 110 cm³/mol. The number of anilines is 1. The maximum atomic E-state index is 10.9. The Balaban J connectivity index is 1.54. The van der Waals surface area contributed by atoms with Crippen LogP contribution in [0.4, 0.5) is 5.82 Å². The van der Waals surface area contributed by atoms with Gasteiger partial charge in [-0.15, -0.1) is 0 Å². The third-order valence-corrected chi connectivity index (χ3v) is 5.59. The molecule has 1 fully saturated rings. The van der Waals surface area contributed by atoms with Crippen LogP contribution in [0, 0.1) is 0 Å². The van der Waals surface area contributed by atoms with E-state index in [2.05, 4.69) is 24.8 Å². The quantitative estimate of drug-likeness (QED) is 0.253. The molecule has 1 aliphatic rings. The molecule has 4 rings (SSSR count). The minimum Gasteiger partial charge on any atom is -0.508 e. The number of halogens is 1. The molecule has 172 valence electrons. The standard InChI is InChI=1S/C17H19ClN5O8P/c18-9-2-1-8(10(24)3-9)4-19-15-12-16(21-6-20-15)23(7-22-12)17-14(26)13(25)11(31-17)5-30-32(27,28)29/h1-3,6-7,11,13-14,17,24-26H,4-5H2,(H,19,20,21)(H2,27,28,29)/t11-,13-,14-,17-/m1/s1. The molecule has 4 atom stereocenters. The molecule has 0 aliphatic carbocycles. The van der Waals surface area contributed by atoms with Gasteiger partial charge in [0.2, 0.25) is 0 Å². The molecule has 3 aromatic rings. The number of aliphatic hydroxyl groups is 2. The number of nitrogens with zero attached hydrogens (tertiary/aromatic N) is 4. The minimum absolute atomic E-state index is 0.0147. The fourth-order valence-corrected chi connectivity index (χ4v) is 3.81. The van der Waals surface area contributed by atoms with Crippen LogP contribution in [0.1, 0.15) is 11.8 Å². The number of hydrogen-bond acceptors (Lipinski definition) is 10. The number of fused-ring (bicyclic) bond motifs is 1. The number of nitrogens with one attached hydrogen (secondary N) is 1. The number of phenols is 1. The molecular formula is C17H19ClN5O8P. The SMILES string of the molecule is O=P(O)(O)OC[C@H]1O[C@@H](n2cnc3c(NCc4ccc(Cl)cc4O)ncnc32)[C@H](O)[C@@H]1O. The molecule has 0 radical (unpaired) electrons. The molecule has 15 heteroatoms. The fraction of sp³-hybridized carbons (Fsp3) is 0.353. The smallest absolute Gasteiger partial charge is 0.469 e. The summed E-state index contributed by atoms with van der Waals surface area (Å²) in [5.41, 5.74) is 1.18. The molecule has 1 aliphatic heterocycles. The third kappa shape index (κ3) is 4.70. The highest BCUT2D eigenvalue weighted by Gasteiger charge is 2.45. The second kappa shape index (κ2) is 8.89. The molecular weight excluding hydrogens is 469 g/mol. The molecule has 32 heavy (non-hydrogen) atoms. The third-order valence-electron chi connectivity index (χ3n) is 4.87. The van der Waals surface area contributed by atoms with Gasteiger partial charge in [-0.2, -0.15) is 0 Å². The molecule has 0 spiro atoms. The highest BCUT2D eigenvalue weighted by molar-refractivity contribution is 7.46. The summed E-state index contributed by atoms with van der Waals surface area (Å²) in [5, 5.41) is 34.0. The van der Waals surface area contributed by atoms with Crippen LogP contribution in [-0.4, -0.2) is 69.5 Å². The second-order valence-corrected chi connectivity index (χ2v) is 8.68. The van der Waals surface area contributed by atoms with Gasteiger partial charge in [-0.3, -0.25) is 9.09 Å². The first-order valence-corrected chi connectivity index (χ1v) is 11.2. The monoisotopic (exact) mass is 487 g/mol. The van der Waals surface area contributed by atoms with Gasteiger partial charge in [-0.25, -0.2) is 19.5 Å². The van der Waals surface area contributed by atoms with Gasteiger partial charge >= 0.3 is 7.82 Å². The molecule has 0 bridgehead atoms. The lowest BCUT2D eigenvalue weighted by Crippen LogP contribution is -2.33. The van der Waals surface area contributed by atoms with Crippen molar-refractivity contribution in [3.05, 3.63) is 41.4 Å². The van der Waals surface area contributed by atoms with E-state index < -0.39 is 39.0 Å². The van der Waals surface area contributed by atoms with E-state index in [-0.39, 0.29) is 17.9 Å². The Morgan fingerprint density at radius 3 is 2.72 bits per heavy atom. The highest BCUT2D eigenvalue weighted by atomic mass is 35.5. The van der Waals surface area contributed by atoms with Crippen LogP contribution in [0.3, 0.4) is 0 Å². The van der Waals surface area contributed by atoms with Crippen molar-refractivity contribution in [2.24, 2.45) is 0 Å². The molecule has 0 saturated carbocycles. The number of phosphoric acid groups is 1. The van der Waals surface area contributed by atoms with Crippen molar-refractivity contribution in [1.29, 1.82) is 0 Å². The van der Waals surface area contributed by atoms with Crippen LogP contribution in [0.25, 0.3) is 11.2 Å². The van der Waals surface area contributed by atoms with Crippen molar-refractivity contribution in [2.45, 2.75) is 31.1 Å². The van der Waals surface area contributed by atoms with Gasteiger partial charge in [0.1, 0.15) is 30.4 Å². The second-order valence-electron chi connectivity index (χ2n) is 7.01. The van der Waals surface area contributed by atoms with Gasteiger partial charge in [0.25, 0.3) is 0 Å². The minimum atomic E-state index is -4.78. The molecule has 3 heterocycles. The number of benzene rings is 1. The molecule has 13 nitrogen and oxygen atoms in total. The maximum absolute atomic E-state index is 10.9. The number of aromatic nitrogens is 4. The Labute approximate surface area is 185 Å². The summed E-state index contributed by atoms with van der Waals surface area (Å²) in [4.78, 5) is 30.2. The molecule has 0 unspecified atom stereocenters. The maximum Gasteiger partial charge on any atom is 0.469 e. The number of phenolic OH excluding ortho intramolecular Hbond substituents is 1. The van der Waals surface area contributed by atoms with Crippen molar-refractivity contribution >= 4 is 36.4 Å². The van der Waals surface area contributed by atoms with E-state index in [4.69, 9.17) is 26.1 Å². The van der Waals surface area contributed by atoms with Crippen molar-refractivity contribution < 1.29 is 38.9 Å². The summed E-state index contributed by atoms with van der Waals surface area (Å²) in [6.45, 7) is -0.414. The molecule has 2 aromatic heterocycles. The number of aliphatic hydroxyl groups excluding tert-OH is 2. The number of aromatic hydroxyl groups is 1. The van der Waals surface area contributed by atoms with Crippen LogP contribution < -0.4 is 5.32 Å². The Hall–Kier alpha value is -2.35. The molecule has 6 N–H and O–H groups in total. The summed E-state index contributed by atoms with van der Waals surface area (Å²) in [6, 6.07) is 4.71. The van der Waals surface area contributed by atoms with Crippen molar-refractivity contribution in [2.75, 3.05) is 11.9 Å². The lowest BCUT2D eigenvalue weighted by Gasteiger charge is -2.16. The van der Waals surface area contributed by atoms with Crippen molar-refractivity contribution in [1.82, 2.24) is 19.5 Å². The number of hydrogen-bond donors (Lipinski definition) is 6. The highest BCUT2D eigenvalue weighted by Crippen LogP contribution is 2.39. The van der Waals surface area contributed by atoms with E-state index in [1.165, 1.54) is 23.3 Å². The Bertz CT molecular complexity index is 1170. The number of phosphoric ester groups is 1. The number of imidazole rings is 1. The van der Waals surface area contributed by atoms with E-state index in [0.717, 1.165) is 0 Å². The van der Waals surface area contributed by atoms with Crippen LogP contribution in [-0.2, 0) is 20.4 Å². The zero-order valence-corrected chi connectivity index (χ0v) is 17.8.